The van der Waals surface area contributed by atoms with Crippen LogP contribution >= 0.6 is 34.8 Å². The van der Waals surface area contributed by atoms with E-state index >= 15 is 0 Å². The summed E-state index contributed by atoms with van der Waals surface area (Å²) in [5.41, 5.74) is -1.29. The first-order valence-electron chi connectivity index (χ1n) is 13.7. The van der Waals surface area contributed by atoms with Crippen molar-refractivity contribution < 1.29 is 31.2 Å². The quantitative estimate of drug-likeness (QED) is 0.187. The molecule has 0 spiro atoms. The minimum absolute atomic E-state index is 0.152. The van der Waals surface area contributed by atoms with Crippen LogP contribution < -0.4 is 9.62 Å². The second-order valence-electron chi connectivity index (χ2n) is 9.81. The number of nitrogens with zero attached hydrogens (tertiary/aromatic N) is 2. The fourth-order valence-corrected chi connectivity index (χ4v) is 6.51. The minimum atomic E-state index is -4.90. The van der Waals surface area contributed by atoms with Gasteiger partial charge in [0.2, 0.25) is 11.8 Å². The molecular weight excluding hydrogens is 662 g/mol. The Morgan fingerprint density at radius 1 is 0.932 bits per heavy atom. The van der Waals surface area contributed by atoms with Crippen molar-refractivity contribution in [1.82, 2.24) is 10.2 Å². The normalized spacial score (nSPS) is 12.5. The number of sulfonamides is 1. The molecule has 0 fully saturated rings. The highest BCUT2D eigenvalue weighted by Gasteiger charge is 2.37. The number of anilines is 1. The van der Waals surface area contributed by atoms with Gasteiger partial charge in [-0.15, -0.1) is 0 Å². The molecule has 3 rings (SSSR count). The predicted octanol–water partition coefficient (Wildman–Crippen LogP) is 7.58. The largest absolute Gasteiger partial charge is 0.417 e. The third-order valence-corrected chi connectivity index (χ3v) is 9.43. The topological polar surface area (TPSA) is 86.8 Å². The fourth-order valence-electron chi connectivity index (χ4n) is 4.39. The van der Waals surface area contributed by atoms with Crippen molar-refractivity contribution in [3.8, 4) is 0 Å². The molecule has 0 aliphatic rings. The molecule has 3 aromatic rings. The number of hydrogen-bond donors (Lipinski definition) is 1. The summed E-state index contributed by atoms with van der Waals surface area (Å²) >= 11 is 18.2. The highest BCUT2D eigenvalue weighted by molar-refractivity contribution is 7.92. The lowest BCUT2D eigenvalue weighted by atomic mass is 10.1. The highest BCUT2D eigenvalue weighted by Crippen LogP contribution is 2.38. The Morgan fingerprint density at radius 3 is 2.20 bits per heavy atom. The van der Waals surface area contributed by atoms with Gasteiger partial charge in [-0.25, -0.2) is 8.42 Å². The number of amides is 2. The Kier molecular flexibility index (Phi) is 12.4. The van der Waals surface area contributed by atoms with Crippen molar-refractivity contribution in [2.45, 2.75) is 56.8 Å². The van der Waals surface area contributed by atoms with Crippen molar-refractivity contribution in [3.63, 3.8) is 0 Å². The van der Waals surface area contributed by atoms with E-state index < -0.39 is 56.9 Å². The summed E-state index contributed by atoms with van der Waals surface area (Å²) in [6.45, 7) is 2.85. The van der Waals surface area contributed by atoms with E-state index in [4.69, 9.17) is 34.8 Å². The van der Waals surface area contributed by atoms with Gasteiger partial charge in [0.1, 0.15) is 12.6 Å². The fraction of sp³-hybridized carbons (Fsp3) is 0.333. The summed E-state index contributed by atoms with van der Waals surface area (Å²) < 4.78 is 69.7. The molecule has 0 bridgehead atoms. The van der Waals surface area contributed by atoms with Gasteiger partial charge >= 0.3 is 6.18 Å². The lowest BCUT2D eigenvalue weighted by Crippen LogP contribution is -2.52. The van der Waals surface area contributed by atoms with Gasteiger partial charge in [0.05, 0.1) is 21.2 Å². The van der Waals surface area contributed by atoms with E-state index in [1.807, 2.05) is 6.92 Å². The van der Waals surface area contributed by atoms with E-state index in [1.54, 1.807) is 25.1 Å². The number of rotatable bonds is 13. The lowest BCUT2D eigenvalue weighted by Gasteiger charge is -2.33. The maximum atomic E-state index is 14.1. The van der Waals surface area contributed by atoms with E-state index in [2.05, 4.69) is 5.32 Å². The monoisotopic (exact) mass is 691 g/mol. The summed E-state index contributed by atoms with van der Waals surface area (Å²) in [5.74, 6) is -1.32. The summed E-state index contributed by atoms with van der Waals surface area (Å²) in [5, 5.41) is 2.70. The van der Waals surface area contributed by atoms with Gasteiger partial charge in [-0.1, -0.05) is 79.3 Å². The summed E-state index contributed by atoms with van der Waals surface area (Å²) in [7, 11) is -4.58. The number of unbranched alkanes of at least 4 members (excludes halogenated alkanes) is 1. The van der Waals surface area contributed by atoms with Crippen LogP contribution in [0.2, 0.25) is 15.1 Å². The molecule has 2 amide bonds. The average Bonchev–Trinajstić information content (AvgIpc) is 2.97. The molecule has 0 aromatic heterocycles. The standard InChI is InChI=1S/C30H31Cl3F3N3O4S/c1-3-5-15-37-29(41)27(4-2)38(18-20-11-12-21(31)16-26(20)33)28(40)19-39(44(42,43)23-9-7-6-8-10-23)22-13-14-25(32)24(17-22)30(34,35)36/h6-14,16-17,27H,3-5,15,18-19H2,1-2H3,(H,37,41). The first-order chi connectivity index (χ1) is 20.7. The molecule has 0 heterocycles. The van der Waals surface area contributed by atoms with E-state index in [0.717, 1.165) is 18.6 Å². The van der Waals surface area contributed by atoms with Crippen LogP contribution in [0.1, 0.15) is 44.2 Å². The van der Waals surface area contributed by atoms with Crippen molar-refractivity contribution in [2.75, 3.05) is 17.4 Å². The molecule has 0 radical (unpaired) electrons. The number of carbonyl (C=O) groups is 2. The van der Waals surface area contributed by atoms with Crippen LogP contribution in [-0.2, 0) is 32.3 Å². The Balaban J connectivity index is 2.13. The SMILES string of the molecule is CCCCNC(=O)C(CC)N(Cc1ccc(Cl)cc1Cl)C(=O)CN(c1ccc(Cl)c(C(F)(F)F)c1)S(=O)(=O)c1ccccc1. The van der Waals surface area contributed by atoms with E-state index in [1.165, 1.54) is 35.2 Å². The molecule has 1 atom stereocenters. The zero-order chi connectivity index (χ0) is 32.7. The molecular formula is C30H31Cl3F3N3O4S. The van der Waals surface area contributed by atoms with Crippen molar-refractivity contribution in [2.24, 2.45) is 0 Å². The van der Waals surface area contributed by atoms with Gasteiger partial charge in [-0.3, -0.25) is 13.9 Å². The maximum Gasteiger partial charge on any atom is 0.417 e. The number of carbonyl (C=O) groups excluding carboxylic acids is 2. The number of hydrogen-bond acceptors (Lipinski definition) is 4. The third kappa shape index (κ3) is 8.80. The molecule has 0 aliphatic carbocycles. The minimum Gasteiger partial charge on any atom is -0.354 e. The molecule has 14 heteroatoms. The predicted molar refractivity (Wildman–Crippen MR) is 166 cm³/mol. The van der Waals surface area contributed by atoms with E-state index in [0.29, 0.717) is 33.9 Å². The lowest BCUT2D eigenvalue weighted by molar-refractivity contribution is -0.140. The number of benzene rings is 3. The number of nitrogens with one attached hydrogen (secondary N) is 1. The smallest absolute Gasteiger partial charge is 0.354 e. The van der Waals surface area contributed by atoms with Crippen LogP contribution in [0.3, 0.4) is 0 Å². The Morgan fingerprint density at radius 2 is 1.61 bits per heavy atom. The van der Waals surface area contributed by atoms with Gasteiger partial charge in [-0.2, -0.15) is 13.2 Å². The molecule has 0 saturated carbocycles. The van der Waals surface area contributed by atoms with Gasteiger partial charge in [0, 0.05) is 23.1 Å². The highest BCUT2D eigenvalue weighted by atomic mass is 35.5. The molecule has 1 N–H and O–H groups in total. The van der Waals surface area contributed by atoms with E-state index in [9.17, 15) is 31.2 Å². The summed E-state index contributed by atoms with van der Waals surface area (Å²) in [4.78, 5) is 28.3. The van der Waals surface area contributed by atoms with Crippen LogP contribution in [-0.4, -0.2) is 44.3 Å². The first kappa shape index (κ1) is 35.5. The maximum absolute atomic E-state index is 14.1. The second kappa shape index (κ2) is 15.3. The van der Waals surface area contributed by atoms with Crippen LogP contribution in [0.5, 0.6) is 0 Å². The Hall–Kier alpha value is -2.99. The van der Waals surface area contributed by atoms with Crippen molar-refractivity contribution in [3.05, 3.63) is 92.9 Å². The first-order valence-corrected chi connectivity index (χ1v) is 16.2. The van der Waals surface area contributed by atoms with Gasteiger partial charge in [-0.05, 0) is 60.9 Å². The molecule has 238 valence electrons. The average molecular weight is 693 g/mol. The molecule has 44 heavy (non-hydrogen) atoms. The molecule has 7 nitrogen and oxygen atoms in total. The van der Waals surface area contributed by atoms with Crippen molar-refractivity contribution in [1.29, 1.82) is 0 Å². The van der Waals surface area contributed by atoms with Crippen molar-refractivity contribution >= 4 is 62.3 Å². The molecule has 3 aromatic carbocycles. The number of halogens is 6. The van der Waals surface area contributed by atoms with Gasteiger partial charge in [0.25, 0.3) is 10.0 Å². The second-order valence-corrected chi connectivity index (χ2v) is 12.9. The molecule has 0 saturated heterocycles. The van der Waals surface area contributed by atoms with Crippen LogP contribution in [0, 0.1) is 0 Å². The van der Waals surface area contributed by atoms with Gasteiger partial charge in [0.15, 0.2) is 0 Å². The Labute approximate surface area is 269 Å². The molecule has 0 aliphatic heterocycles. The molecule has 1 unspecified atom stereocenters. The zero-order valence-corrected chi connectivity index (χ0v) is 27.0. The number of alkyl halides is 3. The zero-order valence-electron chi connectivity index (χ0n) is 23.9. The van der Waals surface area contributed by atoms with Gasteiger partial charge < -0.3 is 10.2 Å². The third-order valence-electron chi connectivity index (χ3n) is 6.72. The summed E-state index contributed by atoms with van der Waals surface area (Å²) in [6.07, 6.45) is -3.24. The van der Waals surface area contributed by atoms with Crippen LogP contribution in [0.4, 0.5) is 18.9 Å². The van der Waals surface area contributed by atoms with E-state index in [-0.39, 0.29) is 22.9 Å². The van der Waals surface area contributed by atoms with Crippen LogP contribution in [0.15, 0.2) is 71.6 Å². The van der Waals surface area contributed by atoms with Crippen LogP contribution in [0.25, 0.3) is 0 Å². The Bertz CT molecular complexity index is 1570. The summed E-state index contributed by atoms with van der Waals surface area (Å²) in [6, 6.07) is 13.1.